The van der Waals surface area contributed by atoms with Crippen molar-refractivity contribution in [1.82, 2.24) is 5.16 Å². The Morgan fingerprint density at radius 1 is 1.12 bits per heavy atom. The highest BCUT2D eigenvalue weighted by atomic mass is 35.5. The van der Waals surface area contributed by atoms with E-state index in [-0.39, 0.29) is 23.1 Å². The van der Waals surface area contributed by atoms with Crippen molar-refractivity contribution in [1.29, 1.82) is 0 Å². The van der Waals surface area contributed by atoms with Crippen molar-refractivity contribution in [2.45, 2.75) is 38.5 Å². The summed E-state index contributed by atoms with van der Waals surface area (Å²) in [7, 11) is -3.84. The lowest BCUT2D eigenvalue weighted by atomic mass is 10.2. The lowest BCUT2D eigenvalue weighted by molar-refractivity contribution is -0.116. The third-order valence-corrected chi connectivity index (χ3v) is 6.55. The van der Waals surface area contributed by atoms with Gasteiger partial charge >= 0.3 is 0 Å². The van der Waals surface area contributed by atoms with Crippen molar-refractivity contribution in [2.24, 2.45) is 0 Å². The van der Waals surface area contributed by atoms with Gasteiger partial charge in [-0.15, -0.1) is 0 Å². The Bertz CT molecular complexity index is 1210. The summed E-state index contributed by atoms with van der Waals surface area (Å²) in [5.41, 5.74) is 2.64. The Labute approximate surface area is 192 Å². The van der Waals surface area contributed by atoms with Gasteiger partial charge in [0.15, 0.2) is 0 Å². The number of nitrogens with zero attached hydrogens (tertiary/aromatic N) is 1. The molecule has 0 atom stereocenters. The van der Waals surface area contributed by atoms with Crippen molar-refractivity contribution < 1.29 is 22.5 Å². The second-order valence-corrected chi connectivity index (χ2v) is 9.35. The third kappa shape index (κ3) is 6.02. The average Bonchev–Trinajstić information content (AvgIpc) is 3.06. The van der Waals surface area contributed by atoms with Crippen LogP contribution in [0.2, 0.25) is 5.02 Å². The van der Waals surface area contributed by atoms with Gasteiger partial charge in [-0.05, 0) is 75.2 Å². The number of anilines is 2. The summed E-state index contributed by atoms with van der Waals surface area (Å²) in [6.45, 7) is 5.71. The van der Waals surface area contributed by atoms with Gasteiger partial charge in [0.05, 0.1) is 17.2 Å². The number of sulfonamides is 1. The maximum absolute atomic E-state index is 12.5. The lowest BCUT2D eigenvalue weighted by Crippen LogP contribution is -2.14. The third-order valence-electron chi connectivity index (χ3n) is 4.78. The van der Waals surface area contributed by atoms with Crippen molar-refractivity contribution >= 4 is 39.1 Å². The first-order valence-corrected chi connectivity index (χ1v) is 11.8. The van der Waals surface area contributed by atoms with Crippen LogP contribution in [0.25, 0.3) is 0 Å². The van der Waals surface area contributed by atoms with E-state index >= 15 is 0 Å². The monoisotopic (exact) mass is 477 g/mol. The summed E-state index contributed by atoms with van der Waals surface area (Å²) in [5, 5.41) is 7.15. The summed E-state index contributed by atoms with van der Waals surface area (Å²) in [6.07, 6.45) is 0.790. The van der Waals surface area contributed by atoms with Gasteiger partial charge in [0.1, 0.15) is 5.75 Å². The molecule has 3 rings (SSSR count). The summed E-state index contributed by atoms with van der Waals surface area (Å²) >= 11 is 5.99. The van der Waals surface area contributed by atoms with E-state index in [0.717, 1.165) is 5.56 Å². The lowest BCUT2D eigenvalue weighted by Gasteiger charge is -2.09. The Morgan fingerprint density at radius 3 is 2.47 bits per heavy atom. The quantitative estimate of drug-likeness (QED) is 0.426. The smallest absolute Gasteiger partial charge is 0.264 e. The minimum atomic E-state index is -3.84. The molecule has 3 aromatic rings. The van der Waals surface area contributed by atoms with Crippen LogP contribution in [0.5, 0.6) is 5.75 Å². The minimum absolute atomic E-state index is 0.0376. The van der Waals surface area contributed by atoms with E-state index in [4.69, 9.17) is 20.9 Å². The average molecular weight is 478 g/mol. The van der Waals surface area contributed by atoms with Crippen molar-refractivity contribution in [3.8, 4) is 5.75 Å². The zero-order valence-electron chi connectivity index (χ0n) is 17.9. The standard InChI is InChI=1S/C22H24ClN3O5S/c1-14-13-18(8-11-20(14)23)30-12-4-5-21(27)24-17-6-9-19(10-7-17)32(28,29)26-22-15(2)16(3)25-31-22/h6-11,13,26H,4-5,12H2,1-3H3,(H,24,27). The summed E-state index contributed by atoms with van der Waals surface area (Å²) in [6, 6.07) is 11.3. The van der Waals surface area contributed by atoms with Crippen molar-refractivity contribution in [3.63, 3.8) is 0 Å². The molecule has 0 saturated carbocycles. The van der Waals surface area contributed by atoms with E-state index in [9.17, 15) is 13.2 Å². The van der Waals surface area contributed by atoms with Crippen LogP contribution < -0.4 is 14.8 Å². The number of benzene rings is 2. The maximum atomic E-state index is 12.5. The fraction of sp³-hybridized carbons (Fsp3) is 0.273. The van der Waals surface area contributed by atoms with Crippen molar-refractivity contribution in [3.05, 3.63) is 64.3 Å². The van der Waals surface area contributed by atoms with Crippen LogP contribution in [0.1, 0.15) is 29.7 Å². The number of ether oxygens (including phenoxy) is 1. The van der Waals surface area contributed by atoms with Gasteiger partial charge in [-0.25, -0.2) is 13.1 Å². The molecule has 0 spiro atoms. The van der Waals surface area contributed by atoms with E-state index in [0.29, 0.717) is 40.7 Å². The molecule has 1 aromatic heterocycles. The van der Waals surface area contributed by atoms with Gasteiger partial charge in [0.2, 0.25) is 11.8 Å². The molecule has 2 aromatic carbocycles. The van der Waals surface area contributed by atoms with E-state index in [2.05, 4.69) is 15.2 Å². The largest absolute Gasteiger partial charge is 0.494 e. The zero-order valence-corrected chi connectivity index (χ0v) is 19.5. The number of aryl methyl sites for hydroxylation is 2. The predicted octanol–water partition coefficient (Wildman–Crippen LogP) is 4.85. The number of nitrogens with one attached hydrogen (secondary N) is 2. The number of rotatable bonds is 9. The first kappa shape index (κ1) is 23.6. The molecule has 0 aliphatic carbocycles. The highest BCUT2D eigenvalue weighted by Crippen LogP contribution is 2.23. The van der Waals surface area contributed by atoms with Crippen LogP contribution in [0, 0.1) is 20.8 Å². The number of carbonyl (C=O) groups is 1. The molecule has 0 saturated heterocycles. The topological polar surface area (TPSA) is 111 Å². The summed E-state index contributed by atoms with van der Waals surface area (Å²) in [5.74, 6) is 0.589. The Kier molecular flexibility index (Phi) is 7.42. The predicted molar refractivity (Wildman–Crippen MR) is 123 cm³/mol. The Balaban J connectivity index is 1.48. The molecule has 10 heteroatoms. The number of aromatic nitrogens is 1. The molecule has 0 radical (unpaired) electrons. The van der Waals surface area contributed by atoms with Gasteiger partial charge in [-0.2, -0.15) is 0 Å². The van der Waals surface area contributed by atoms with E-state index < -0.39 is 10.0 Å². The van der Waals surface area contributed by atoms with Crippen LogP contribution in [-0.4, -0.2) is 26.1 Å². The maximum Gasteiger partial charge on any atom is 0.264 e. The SMILES string of the molecule is Cc1cc(OCCCC(=O)Nc2ccc(S(=O)(=O)Nc3onc(C)c3C)cc2)ccc1Cl. The number of amides is 1. The second kappa shape index (κ2) is 10.1. The molecule has 0 aliphatic rings. The minimum Gasteiger partial charge on any atom is -0.494 e. The molecule has 0 unspecified atom stereocenters. The highest BCUT2D eigenvalue weighted by molar-refractivity contribution is 7.92. The molecule has 0 bridgehead atoms. The van der Waals surface area contributed by atoms with Crippen LogP contribution in [0.4, 0.5) is 11.6 Å². The fourth-order valence-corrected chi connectivity index (χ4v) is 3.93. The van der Waals surface area contributed by atoms with Gasteiger partial charge in [0.25, 0.3) is 10.0 Å². The van der Waals surface area contributed by atoms with Gasteiger partial charge < -0.3 is 14.6 Å². The Morgan fingerprint density at radius 2 is 1.84 bits per heavy atom. The molecule has 32 heavy (non-hydrogen) atoms. The molecule has 2 N–H and O–H groups in total. The molecule has 0 fully saturated rings. The van der Waals surface area contributed by atoms with Gasteiger partial charge in [0, 0.05) is 22.7 Å². The van der Waals surface area contributed by atoms with Gasteiger partial charge in [-0.1, -0.05) is 16.8 Å². The molecule has 0 aliphatic heterocycles. The first-order valence-electron chi connectivity index (χ1n) is 9.90. The number of carbonyl (C=O) groups excluding carboxylic acids is 1. The van der Waals surface area contributed by atoms with Crippen LogP contribution >= 0.6 is 11.6 Å². The van der Waals surface area contributed by atoms with Gasteiger partial charge in [-0.3, -0.25) is 4.79 Å². The molecular weight excluding hydrogens is 454 g/mol. The summed E-state index contributed by atoms with van der Waals surface area (Å²) < 4.78 is 38.0. The number of halogens is 1. The van der Waals surface area contributed by atoms with Crippen LogP contribution in [0.15, 0.2) is 51.9 Å². The molecule has 1 heterocycles. The van der Waals surface area contributed by atoms with Crippen molar-refractivity contribution in [2.75, 3.05) is 16.6 Å². The highest BCUT2D eigenvalue weighted by Gasteiger charge is 2.19. The molecule has 1 amide bonds. The van der Waals surface area contributed by atoms with E-state index in [1.54, 1.807) is 26.0 Å². The fourth-order valence-electron chi connectivity index (χ4n) is 2.76. The van der Waals surface area contributed by atoms with Crippen LogP contribution in [0.3, 0.4) is 0 Å². The molecular formula is C22H24ClN3O5S. The first-order chi connectivity index (χ1) is 15.2. The Hall–Kier alpha value is -3.04. The normalized spacial score (nSPS) is 11.2. The van der Waals surface area contributed by atoms with Crippen LogP contribution in [-0.2, 0) is 14.8 Å². The summed E-state index contributed by atoms with van der Waals surface area (Å²) in [4.78, 5) is 12.2. The zero-order chi connectivity index (χ0) is 23.3. The number of hydrogen-bond acceptors (Lipinski definition) is 6. The number of hydrogen-bond donors (Lipinski definition) is 2. The van der Waals surface area contributed by atoms with E-state index in [1.807, 2.05) is 13.0 Å². The molecule has 8 nitrogen and oxygen atoms in total. The molecule has 170 valence electrons. The second-order valence-electron chi connectivity index (χ2n) is 7.26. The van der Waals surface area contributed by atoms with E-state index in [1.165, 1.54) is 24.3 Å².